The highest BCUT2D eigenvalue weighted by Crippen LogP contribution is 2.26. The summed E-state index contributed by atoms with van der Waals surface area (Å²) < 4.78 is 5.69. The summed E-state index contributed by atoms with van der Waals surface area (Å²) in [4.78, 5) is 48.8. The minimum absolute atomic E-state index is 0.0535. The number of anilines is 2. The number of halogens is 2. The quantitative estimate of drug-likeness (QED) is 0.178. The second kappa shape index (κ2) is 12.3. The third kappa shape index (κ3) is 6.96. The van der Waals surface area contributed by atoms with E-state index < -0.39 is 23.8 Å². The van der Waals surface area contributed by atoms with Gasteiger partial charge in [0.05, 0.1) is 22.5 Å². The van der Waals surface area contributed by atoms with Crippen molar-refractivity contribution in [2.45, 2.75) is 6.61 Å². The van der Waals surface area contributed by atoms with Gasteiger partial charge >= 0.3 is 11.9 Å². The van der Waals surface area contributed by atoms with Crippen LogP contribution in [0.5, 0.6) is 5.75 Å². The van der Waals surface area contributed by atoms with E-state index >= 15 is 0 Å². The van der Waals surface area contributed by atoms with Crippen LogP contribution in [0.25, 0.3) is 0 Å². The molecule has 0 atom stereocenters. The Balaban J connectivity index is 1.48. The van der Waals surface area contributed by atoms with Crippen molar-refractivity contribution < 1.29 is 34.1 Å². The number of benzene rings is 4. The maximum absolute atomic E-state index is 12.5. The second-order valence-corrected chi connectivity index (χ2v) is 9.29. The predicted octanol–water partition coefficient (Wildman–Crippen LogP) is 6.47. The highest BCUT2D eigenvalue weighted by atomic mass is 35.5. The lowest BCUT2D eigenvalue weighted by atomic mass is 10.1. The standard InChI is InChI=1S/C29H20Cl2N2O7/c30-19-5-1-3-17(12-19)26(34)32-24-9-7-16(11-22(24)28(36)37)15-40-21-8-10-25(23(14-21)29(38)39)33-27(35)18-4-2-6-20(31)13-18/h1-14H,15H2,(H,32,34)(H,33,35)(H,36,37)(H,38,39). The smallest absolute Gasteiger partial charge is 0.337 e. The predicted molar refractivity (Wildman–Crippen MR) is 150 cm³/mol. The lowest BCUT2D eigenvalue weighted by molar-refractivity contribution is 0.0686. The molecule has 9 nitrogen and oxygen atoms in total. The van der Waals surface area contributed by atoms with E-state index in [1.54, 1.807) is 42.5 Å². The van der Waals surface area contributed by atoms with Gasteiger partial charge in [-0.2, -0.15) is 0 Å². The van der Waals surface area contributed by atoms with Crippen molar-refractivity contribution in [3.05, 3.63) is 123 Å². The molecule has 4 aromatic rings. The number of rotatable bonds is 9. The van der Waals surface area contributed by atoms with Gasteiger partial charge in [-0.25, -0.2) is 9.59 Å². The van der Waals surface area contributed by atoms with Crippen molar-refractivity contribution in [2.24, 2.45) is 0 Å². The molecule has 0 aliphatic heterocycles. The molecule has 0 aliphatic carbocycles. The van der Waals surface area contributed by atoms with Gasteiger partial charge in [-0.3, -0.25) is 9.59 Å². The summed E-state index contributed by atoms with van der Waals surface area (Å²) in [7, 11) is 0. The molecule has 202 valence electrons. The third-order valence-electron chi connectivity index (χ3n) is 5.61. The molecule has 0 aliphatic rings. The van der Waals surface area contributed by atoms with Crippen LogP contribution in [0, 0.1) is 0 Å². The van der Waals surface area contributed by atoms with E-state index in [0.717, 1.165) is 0 Å². The van der Waals surface area contributed by atoms with Gasteiger partial charge in [-0.1, -0.05) is 41.4 Å². The molecular weight excluding hydrogens is 559 g/mol. The highest BCUT2D eigenvalue weighted by Gasteiger charge is 2.17. The van der Waals surface area contributed by atoms with Crippen LogP contribution in [0.3, 0.4) is 0 Å². The van der Waals surface area contributed by atoms with Crippen LogP contribution >= 0.6 is 23.2 Å². The van der Waals surface area contributed by atoms with Crippen LogP contribution in [0.2, 0.25) is 10.0 Å². The fraction of sp³-hybridized carbons (Fsp3) is 0.0345. The average Bonchev–Trinajstić information content (AvgIpc) is 2.92. The Bertz CT molecular complexity index is 1520. The van der Waals surface area contributed by atoms with Crippen LogP contribution in [0.4, 0.5) is 11.4 Å². The largest absolute Gasteiger partial charge is 0.489 e. The maximum atomic E-state index is 12.5. The normalized spacial score (nSPS) is 10.4. The minimum Gasteiger partial charge on any atom is -0.489 e. The van der Waals surface area contributed by atoms with Gasteiger partial charge in [0.25, 0.3) is 11.8 Å². The summed E-state index contributed by atoms with van der Waals surface area (Å²) in [5, 5.41) is 25.2. The molecule has 0 unspecified atom stereocenters. The summed E-state index contributed by atoms with van der Waals surface area (Å²) in [6.45, 7) is -0.101. The molecule has 0 saturated heterocycles. The average molecular weight is 579 g/mol. The van der Waals surface area contributed by atoms with Gasteiger partial charge < -0.3 is 25.6 Å². The Hall–Kier alpha value is -4.86. The van der Waals surface area contributed by atoms with E-state index in [-0.39, 0.29) is 46.0 Å². The summed E-state index contributed by atoms with van der Waals surface area (Å²) in [5.74, 6) is -3.45. The van der Waals surface area contributed by atoms with Gasteiger partial charge in [-0.05, 0) is 72.3 Å². The molecule has 0 bridgehead atoms. The van der Waals surface area contributed by atoms with Gasteiger partial charge in [0.15, 0.2) is 0 Å². The Labute approximate surface area is 237 Å². The van der Waals surface area contributed by atoms with Gasteiger partial charge in [0.2, 0.25) is 0 Å². The third-order valence-corrected chi connectivity index (χ3v) is 6.08. The van der Waals surface area contributed by atoms with Crippen LogP contribution in [-0.2, 0) is 6.61 Å². The number of hydrogen-bond donors (Lipinski definition) is 4. The van der Waals surface area contributed by atoms with E-state index in [1.165, 1.54) is 42.5 Å². The number of ether oxygens (including phenoxy) is 1. The van der Waals surface area contributed by atoms with Crippen LogP contribution in [0.15, 0.2) is 84.9 Å². The van der Waals surface area contributed by atoms with Crippen LogP contribution in [0.1, 0.15) is 47.0 Å². The van der Waals surface area contributed by atoms with Crippen molar-refractivity contribution in [3.8, 4) is 5.75 Å². The SMILES string of the molecule is O=C(Nc1ccc(COc2ccc(NC(=O)c3cccc(Cl)c3)c(C(=O)O)c2)cc1C(=O)O)c1cccc(Cl)c1. The number of amides is 2. The number of carbonyl (C=O) groups excluding carboxylic acids is 2. The van der Waals surface area contributed by atoms with E-state index in [0.29, 0.717) is 15.6 Å². The zero-order chi connectivity index (χ0) is 28.8. The molecule has 0 fully saturated rings. The molecule has 0 heterocycles. The molecule has 0 spiro atoms. The van der Waals surface area contributed by atoms with Gasteiger partial charge in [-0.15, -0.1) is 0 Å². The van der Waals surface area contributed by atoms with Crippen molar-refractivity contribution in [1.82, 2.24) is 0 Å². The lowest BCUT2D eigenvalue weighted by Gasteiger charge is -2.13. The lowest BCUT2D eigenvalue weighted by Crippen LogP contribution is -2.15. The van der Waals surface area contributed by atoms with E-state index in [1.807, 2.05) is 0 Å². The summed E-state index contributed by atoms with van der Waals surface area (Å²) in [5.41, 5.74) is 0.726. The first kappa shape index (κ1) is 28.2. The van der Waals surface area contributed by atoms with Crippen molar-refractivity contribution in [3.63, 3.8) is 0 Å². The number of hydrogen-bond acceptors (Lipinski definition) is 5. The fourth-order valence-corrected chi connectivity index (χ4v) is 4.06. The van der Waals surface area contributed by atoms with E-state index in [2.05, 4.69) is 10.6 Å². The Kier molecular flexibility index (Phi) is 8.68. The van der Waals surface area contributed by atoms with Crippen LogP contribution < -0.4 is 15.4 Å². The maximum Gasteiger partial charge on any atom is 0.337 e. The molecule has 2 amide bonds. The Morgan fingerprint density at radius 1 is 0.650 bits per heavy atom. The first-order valence-electron chi connectivity index (χ1n) is 11.6. The minimum atomic E-state index is -1.29. The number of aromatic carboxylic acids is 2. The van der Waals surface area contributed by atoms with Crippen molar-refractivity contribution >= 4 is 58.3 Å². The number of carbonyl (C=O) groups is 4. The van der Waals surface area contributed by atoms with Crippen LogP contribution in [-0.4, -0.2) is 34.0 Å². The molecule has 0 saturated carbocycles. The summed E-state index contributed by atoms with van der Waals surface area (Å²) >= 11 is 11.8. The van der Waals surface area contributed by atoms with Crippen molar-refractivity contribution in [1.29, 1.82) is 0 Å². The summed E-state index contributed by atoms with van der Waals surface area (Å²) in [6, 6.07) is 20.9. The zero-order valence-corrected chi connectivity index (χ0v) is 22.0. The van der Waals surface area contributed by atoms with Gasteiger partial charge in [0.1, 0.15) is 12.4 Å². The molecular formula is C29H20Cl2N2O7. The molecule has 0 radical (unpaired) electrons. The highest BCUT2D eigenvalue weighted by molar-refractivity contribution is 6.31. The molecule has 4 rings (SSSR count). The molecule has 4 aromatic carbocycles. The summed E-state index contributed by atoms with van der Waals surface area (Å²) in [6.07, 6.45) is 0. The molecule has 4 N–H and O–H groups in total. The van der Waals surface area contributed by atoms with Crippen molar-refractivity contribution in [2.75, 3.05) is 10.6 Å². The first-order chi connectivity index (χ1) is 19.1. The number of carboxylic acid groups (broad SMARTS) is 2. The Morgan fingerprint density at radius 2 is 1.15 bits per heavy atom. The first-order valence-corrected chi connectivity index (χ1v) is 12.4. The molecule has 11 heteroatoms. The van der Waals surface area contributed by atoms with E-state index in [9.17, 15) is 29.4 Å². The Morgan fingerprint density at radius 3 is 1.65 bits per heavy atom. The van der Waals surface area contributed by atoms with Gasteiger partial charge in [0, 0.05) is 21.2 Å². The number of nitrogens with one attached hydrogen (secondary N) is 2. The fourth-order valence-electron chi connectivity index (χ4n) is 3.68. The monoisotopic (exact) mass is 578 g/mol. The second-order valence-electron chi connectivity index (χ2n) is 8.42. The van der Waals surface area contributed by atoms with E-state index in [4.69, 9.17) is 27.9 Å². The topological polar surface area (TPSA) is 142 Å². The number of carboxylic acids is 2. The molecule has 0 aromatic heterocycles. The molecule has 40 heavy (non-hydrogen) atoms. The zero-order valence-electron chi connectivity index (χ0n) is 20.5.